The molecule has 1 heterocycles. The minimum Gasteiger partial charge on any atom is -0.344 e. The number of para-hydroxylation sites is 1. The van der Waals surface area contributed by atoms with Crippen LogP contribution in [0.3, 0.4) is 0 Å². The minimum absolute atomic E-state index is 0.00585. The van der Waals surface area contributed by atoms with Crippen molar-refractivity contribution in [2.75, 3.05) is 0 Å². The number of nitrogens with zero attached hydrogens (tertiary/aromatic N) is 1. The number of carbonyl (C=O) groups is 1. The van der Waals surface area contributed by atoms with Crippen LogP contribution < -0.4 is 10.5 Å². The SMILES string of the molecule is C[C@H](NC(=O)c1n[nH]c2ccccc12)c1cccc(S(N)(=O)=O)c1. The number of sulfonamides is 1. The molecule has 0 aliphatic carbocycles. The summed E-state index contributed by atoms with van der Waals surface area (Å²) in [5.74, 6) is -0.346. The lowest BCUT2D eigenvalue weighted by Crippen LogP contribution is -2.27. The quantitative estimate of drug-likeness (QED) is 0.667. The summed E-state index contributed by atoms with van der Waals surface area (Å²) in [7, 11) is -3.79. The van der Waals surface area contributed by atoms with E-state index in [2.05, 4.69) is 15.5 Å². The van der Waals surface area contributed by atoms with Crippen molar-refractivity contribution in [3.63, 3.8) is 0 Å². The van der Waals surface area contributed by atoms with E-state index >= 15 is 0 Å². The highest BCUT2D eigenvalue weighted by Crippen LogP contribution is 2.19. The lowest BCUT2D eigenvalue weighted by molar-refractivity contribution is 0.0936. The number of amides is 1. The number of hydrogen-bond donors (Lipinski definition) is 3. The second kappa shape index (κ2) is 6.06. The summed E-state index contributed by atoms with van der Waals surface area (Å²) in [6.45, 7) is 1.76. The van der Waals surface area contributed by atoms with Gasteiger partial charge in [-0.1, -0.05) is 30.3 Å². The van der Waals surface area contributed by atoms with E-state index in [4.69, 9.17) is 5.14 Å². The Morgan fingerprint density at radius 3 is 2.71 bits per heavy atom. The molecular weight excluding hydrogens is 328 g/mol. The van der Waals surface area contributed by atoms with Gasteiger partial charge in [0.1, 0.15) is 0 Å². The van der Waals surface area contributed by atoms with E-state index in [1.54, 1.807) is 25.1 Å². The van der Waals surface area contributed by atoms with Crippen LogP contribution in [-0.4, -0.2) is 24.5 Å². The van der Waals surface area contributed by atoms with Crippen LogP contribution in [0, 0.1) is 0 Å². The zero-order valence-electron chi connectivity index (χ0n) is 12.9. The lowest BCUT2D eigenvalue weighted by atomic mass is 10.1. The van der Waals surface area contributed by atoms with E-state index in [9.17, 15) is 13.2 Å². The van der Waals surface area contributed by atoms with E-state index < -0.39 is 16.1 Å². The smallest absolute Gasteiger partial charge is 0.272 e. The summed E-state index contributed by atoms with van der Waals surface area (Å²) < 4.78 is 22.9. The third kappa shape index (κ3) is 3.15. The summed E-state index contributed by atoms with van der Waals surface area (Å²) in [6.07, 6.45) is 0. The van der Waals surface area contributed by atoms with Crippen molar-refractivity contribution in [2.45, 2.75) is 17.9 Å². The molecule has 7 nitrogen and oxygen atoms in total. The van der Waals surface area contributed by atoms with Gasteiger partial charge in [-0.15, -0.1) is 0 Å². The van der Waals surface area contributed by atoms with E-state index in [0.29, 0.717) is 11.3 Å². The van der Waals surface area contributed by atoms with Crippen molar-refractivity contribution in [1.29, 1.82) is 0 Å². The van der Waals surface area contributed by atoms with Crippen molar-refractivity contribution in [3.8, 4) is 0 Å². The van der Waals surface area contributed by atoms with E-state index in [0.717, 1.165) is 10.9 Å². The highest BCUT2D eigenvalue weighted by Gasteiger charge is 2.18. The predicted molar refractivity (Wildman–Crippen MR) is 89.8 cm³/mol. The fourth-order valence-electron chi connectivity index (χ4n) is 2.45. The fraction of sp³-hybridized carbons (Fsp3) is 0.125. The third-order valence-electron chi connectivity index (χ3n) is 3.72. The van der Waals surface area contributed by atoms with Crippen LogP contribution in [0.15, 0.2) is 53.4 Å². The number of hydrogen-bond acceptors (Lipinski definition) is 4. The number of H-pyrrole nitrogens is 1. The minimum atomic E-state index is -3.79. The van der Waals surface area contributed by atoms with Gasteiger partial charge in [-0.05, 0) is 30.7 Å². The maximum absolute atomic E-state index is 12.4. The molecule has 8 heteroatoms. The number of primary sulfonamides is 1. The Hall–Kier alpha value is -2.71. The van der Waals surface area contributed by atoms with Gasteiger partial charge in [-0.25, -0.2) is 13.6 Å². The van der Waals surface area contributed by atoms with E-state index in [-0.39, 0.29) is 10.8 Å². The number of benzene rings is 2. The van der Waals surface area contributed by atoms with Crippen LogP contribution in [-0.2, 0) is 10.0 Å². The van der Waals surface area contributed by atoms with Gasteiger partial charge < -0.3 is 5.32 Å². The first-order chi connectivity index (χ1) is 11.4. The normalized spacial score (nSPS) is 12.9. The number of nitrogens with one attached hydrogen (secondary N) is 2. The van der Waals surface area contributed by atoms with Gasteiger partial charge in [-0.2, -0.15) is 5.10 Å². The number of aromatic nitrogens is 2. The van der Waals surface area contributed by atoms with Gasteiger partial charge in [0.15, 0.2) is 5.69 Å². The molecule has 2 aromatic carbocycles. The molecule has 0 saturated heterocycles. The summed E-state index contributed by atoms with van der Waals surface area (Å²) in [6, 6.07) is 13.1. The molecular formula is C16H16N4O3S. The Labute approximate surface area is 138 Å². The molecule has 0 saturated carbocycles. The van der Waals surface area contributed by atoms with Crippen LogP contribution in [0.2, 0.25) is 0 Å². The summed E-state index contributed by atoms with van der Waals surface area (Å²) in [4.78, 5) is 12.5. The van der Waals surface area contributed by atoms with E-state index in [1.807, 2.05) is 18.2 Å². The molecule has 0 radical (unpaired) electrons. The first kappa shape index (κ1) is 16.2. The molecule has 1 amide bonds. The summed E-state index contributed by atoms with van der Waals surface area (Å²) in [5, 5.41) is 15.5. The van der Waals surface area contributed by atoms with Crippen LogP contribution >= 0.6 is 0 Å². The largest absolute Gasteiger partial charge is 0.344 e. The monoisotopic (exact) mass is 344 g/mol. The summed E-state index contributed by atoms with van der Waals surface area (Å²) in [5.41, 5.74) is 1.70. The van der Waals surface area contributed by atoms with Crippen molar-refractivity contribution in [2.24, 2.45) is 5.14 Å². The first-order valence-corrected chi connectivity index (χ1v) is 8.77. The van der Waals surface area contributed by atoms with Crippen LogP contribution in [0.5, 0.6) is 0 Å². The fourth-order valence-corrected chi connectivity index (χ4v) is 3.01. The molecule has 3 rings (SSSR count). The Bertz CT molecular complexity index is 1010. The van der Waals surface area contributed by atoms with Crippen LogP contribution in [0.25, 0.3) is 10.9 Å². The molecule has 124 valence electrons. The van der Waals surface area contributed by atoms with Gasteiger partial charge in [0.2, 0.25) is 10.0 Å². The molecule has 0 bridgehead atoms. The number of rotatable bonds is 4. The van der Waals surface area contributed by atoms with Crippen molar-refractivity contribution in [3.05, 3.63) is 59.8 Å². The Kier molecular flexibility index (Phi) is 4.08. The van der Waals surface area contributed by atoms with Crippen LogP contribution in [0.1, 0.15) is 29.0 Å². The highest BCUT2D eigenvalue weighted by molar-refractivity contribution is 7.89. The molecule has 24 heavy (non-hydrogen) atoms. The zero-order chi connectivity index (χ0) is 17.3. The Morgan fingerprint density at radius 1 is 1.21 bits per heavy atom. The van der Waals surface area contributed by atoms with Gasteiger partial charge in [0.25, 0.3) is 5.91 Å². The van der Waals surface area contributed by atoms with E-state index in [1.165, 1.54) is 12.1 Å². The highest BCUT2D eigenvalue weighted by atomic mass is 32.2. The maximum Gasteiger partial charge on any atom is 0.272 e. The molecule has 0 aliphatic rings. The molecule has 0 fully saturated rings. The number of carbonyl (C=O) groups excluding carboxylic acids is 1. The average molecular weight is 344 g/mol. The first-order valence-electron chi connectivity index (χ1n) is 7.23. The standard InChI is InChI=1S/C16H16N4O3S/c1-10(11-5-4-6-12(9-11)24(17,22)23)18-16(21)15-13-7-2-3-8-14(13)19-20-15/h2-10H,1H3,(H,18,21)(H,19,20)(H2,17,22,23)/t10-/m0/s1. The van der Waals surface area contributed by atoms with Gasteiger partial charge in [0.05, 0.1) is 16.5 Å². The lowest BCUT2D eigenvalue weighted by Gasteiger charge is -2.14. The van der Waals surface area contributed by atoms with Gasteiger partial charge in [0, 0.05) is 5.39 Å². The predicted octanol–water partition coefficient (Wildman–Crippen LogP) is 1.70. The Morgan fingerprint density at radius 2 is 1.96 bits per heavy atom. The molecule has 0 unspecified atom stereocenters. The Balaban J connectivity index is 1.84. The van der Waals surface area contributed by atoms with Crippen molar-refractivity contribution in [1.82, 2.24) is 15.5 Å². The number of aromatic amines is 1. The van der Waals surface area contributed by atoms with Crippen molar-refractivity contribution < 1.29 is 13.2 Å². The zero-order valence-corrected chi connectivity index (χ0v) is 13.7. The second-order valence-corrected chi connectivity index (χ2v) is 6.99. The molecule has 1 aromatic heterocycles. The molecule has 1 atom stereocenters. The maximum atomic E-state index is 12.4. The molecule has 4 N–H and O–H groups in total. The number of nitrogens with two attached hydrogens (primary N) is 1. The topological polar surface area (TPSA) is 118 Å². The third-order valence-corrected chi connectivity index (χ3v) is 4.63. The molecule has 0 aliphatic heterocycles. The molecule has 3 aromatic rings. The van der Waals surface area contributed by atoms with Gasteiger partial charge in [-0.3, -0.25) is 9.89 Å². The van der Waals surface area contributed by atoms with Gasteiger partial charge >= 0.3 is 0 Å². The van der Waals surface area contributed by atoms with Crippen molar-refractivity contribution >= 4 is 26.8 Å². The molecule has 0 spiro atoms. The second-order valence-electron chi connectivity index (χ2n) is 5.43. The summed E-state index contributed by atoms with van der Waals surface area (Å²) >= 11 is 0. The average Bonchev–Trinajstić information content (AvgIpc) is 2.98. The van der Waals surface area contributed by atoms with Crippen LogP contribution in [0.4, 0.5) is 0 Å². The number of fused-ring (bicyclic) bond motifs is 1.